The number of carbonyl (C=O) groups is 2. The minimum Gasteiger partial charge on any atom is -0.446 e. The highest BCUT2D eigenvalue weighted by Gasteiger charge is 2.27. The minimum absolute atomic E-state index is 0.101. The Morgan fingerprint density at radius 3 is 2.46 bits per heavy atom. The molecule has 0 saturated carbocycles. The van der Waals surface area contributed by atoms with E-state index in [9.17, 15) is 9.59 Å². The number of anilines is 1. The van der Waals surface area contributed by atoms with Crippen LogP contribution in [0.1, 0.15) is 41.3 Å². The lowest BCUT2D eigenvalue weighted by Gasteiger charge is -2.34. The molecule has 2 aliphatic rings. The largest absolute Gasteiger partial charge is 0.446 e. The molecule has 2 aliphatic heterocycles. The average molecular weight is 498 g/mol. The van der Waals surface area contributed by atoms with Gasteiger partial charge in [-0.3, -0.25) is 10.1 Å². The number of para-hydroxylation sites is 1. The molecule has 1 fully saturated rings. The van der Waals surface area contributed by atoms with Crippen molar-refractivity contribution in [3.8, 4) is 11.1 Å². The lowest BCUT2D eigenvalue weighted by Crippen LogP contribution is -2.45. The predicted octanol–water partition coefficient (Wildman–Crippen LogP) is 5.63. The number of nitrogens with zero attached hydrogens (tertiary/aromatic N) is 2. The zero-order valence-corrected chi connectivity index (χ0v) is 21.5. The molecule has 37 heavy (non-hydrogen) atoms. The number of benzene rings is 3. The smallest absolute Gasteiger partial charge is 0.411 e. The predicted molar refractivity (Wildman–Crippen MR) is 147 cm³/mol. The van der Waals surface area contributed by atoms with Gasteiger partial charge in [0.1, 0.15) is 6.10 Å². The summed E-state index contributed by atoms with van der Waals surface area (Å²) >= 11 is 0. The van der Waals surface area contributed by atoms with E-state index in [1.807, 2.05) is 65.6 Å². The highest BCUT2D eigenvalue weighted by atomic mass is 16.6. The van der Waals surface area contributed by atoms with Gasteiger partial charge >= 0.3 is 6.09 Å². The third kappa shape index (κ3) is 6.03. The highest BCUT2D eigenvalue weighted by Crippen LogP contribution is 2.28. The van der Waals surface area contributed by atoms with Crippen LogP contribution in [-0.4, -0.2) is 60.6 Å². The van der Waals surface area contributed by atoms with Crippen molar-refractivity contribution in [3.05, 3.63) is 89.5 Å². The van der Waals surface area contributed by atoms with Crippen molar-refractivity contribution in [3.63, 3.8) is 0 Å². The van der Waals surface area contributed by atoms with Crippen molar-refractivity contribution in [1.82, 2.24) is 9.80 Å². The van der Waals surface area contributed by atoms with Gasteiger partial charge in [-0.1, -0.05) is 67.6 Å². The number of amides is 2. The molecule has 0 spiro atoms. The summed E-state index contributed by atoms with van der Waals surface area (Å²) in [5.74, 6) is 0.148. The van der Waals surface area contributed by atoms with Crippen LogP contribution in [0.15, 0.2) is 72.8 Å². The summed E-state index contributed by atoms with van der Waals surface area (Å²) in [4.78, 5) is 30.0. The Bertz CT molecular complexity index is 1240. The van der Waals surface area contributed by atoms with Crippen molar-refractivity contribution in [2.75, 3.05) is 38.0 Å². The summed E-state index contributed by atoms with van der Waals surface area (Å²) in [6, 6.07) is 24.0. The second-order valence-corrected chi connectivity index (χ2v) is 9.87. The van der Waals surface area contributed by atoms with Gasteiger partial charge in [0.2, 0.25) is 0 Å². The summed E-state index contributed by atoms with van der Waals surface area (Å²) in [5.41, 5.74) is 6.09. The molecule has 2 amide bonds. The van der Waals surface area contributed by atoms with E-state index in [1.165, 1.54) is 11.1 Å². The molecule has 192 valence electrons. The lowest BCUT2D eigenvalue weighted by molar-refractivity contribution is 0.0517. The fourth-order valence-electron chi connectivity index (χ4n) is 5.29. The lowest BCUT2D eigenvalue weighted by atomic mass is 9.96. The van der Waals surface area contributed by atoms with Crippen molar-refractivity contribution >= 4 is 17.7 Å². The molecule has 0 aromatic heterocycles. The monoisotopic (exact) mass is 497 g/mol. The van der Waals surface area contributed by atoms with Crippen LogP contribution in [0.2, 0.25) is 0 Å². The summed E-state index contributed by atoms with van der Waals surface area (Å²) in [7, 11) is 0. The van der Waals surface area contributed by atoms with Crippen LogP contribution in [0.5, 0.6) is 0 Å². The van der Waals surface area contributed by atoms with Crippen LogP contribution in [-0.2, 0) is 17.6 Å². The van der Waals surface area contributed by atoms with E-state index in [0.717, 1.165) is 80.8 Å². The van der Waals surface area contributed by atoms with E-state index >= 15 is 0 Å². The van der Waals surface area contributed by atoms with E-state index in [0.29, 0.717) is 0 Å². The van der Waals surface area contributed by atoms with E-state index in [4.69, 9.17) is 4.74 Å². The number of carbonyl (C=O) groups excluding carboxylic acids is 2. The second kappa shape index (κ2) is 11.6. The number of nitrogens with one attached hydrogen (secondary N) is 1. The van der Waals surface area contributed by atoms with Gasteiger partial charge in [0, 0.05) is 43.9 Å². The van der Waals surface area contributed by atoms with Crippen LogP contribution in [0.3, 0.4) is 0 Å². The van der Waals surface area contributed by atoms with Gasteiger partial charge in [0.05, 0.1) is 5.69 Å². The van der Waals surface area contributed by atoms with E-state index in [2.05, 4.69) is 29.3 Å². The molecule has 1 saturated heterocycles. The maximum atomic E-state index is 13.0. The molecule has 5 rings (SSSR count). The topological polar surface area (TPSA) is 61.9 Å². The van der Waals surface area contributed by atoms with Crippen molar-refractivity contribution in [2.24, 2.45) is 0 Å². The highest BCUT2D eigenvalue weighted by molar-refractivity contribution is 5.96. The number of ether oxygens (including phenoxy) is 1. The molecule has 1 N–H and O–H groups in total. The fourth-order valence-corrected chi connectivity index (χ4v) is 5.29. The SMILES string of the molecule is CCc1ccc2c(c1)CCN(CCN1CCC(OC(=O)Nc3ccccc3-c3ccccc3)CC1)C2=O. The van der Waals surface area contributed by atoms with Crippen LogP contribution in [0.4, 0.5) is 10.5 Å². The quantitative estimate of drug-likeness (QED) is 0.460. The summed E-state index contributed by atoms with van der Waals surface area (Å²) in [5, 5.41) is 2.94. The minimum atomic E-state index is -0.411. The van der Waals surface area contributed by atoms with E-state index in [-0.39, 0.29) is 12.0 Å². The molecule has 0 atom stereocenters. The second-order valence-electron chi connectivity index (χ2n) is 9.87. The number of fused-ring (bicyclic) bond motifs is 1. The molecule has 0 radical (unpaired) electrons. The third-order valence-electron chi connectivity index (χ3n) is 7.49. The number of hydrogen-bond acceptors (Lipinski definition) is 4. The van der Waals surface area contributed by atoms with E-state index in [1.54, 1.807) is 0 Å². The number of rotatable bonds is 7. The van der Waals surface area contributed by atoms with Crippen molar-refractivity contribution < 1.29 is 14.3 Å². The first kappa shape index (κ1) is 25.0. The normalized spacial score (nSPS) is 16.4. The Morgan fingerprint density at radius 2 is 1.68 bits per heavy atom. The molecular formula is C31H35N3O3. The number of aryl methyl sites for hydroxylation is 1. The molecule has 3 aromatic rings. The standard InChI is InChI=1S/C31H35N3O3/c1-2-23-12-13-28-25(22-23)14-19-34(30(28)35)21-20-33-17-15-26(16-18-33)37-31(36)32-29-11-7-6-10-27(29)24-8-4-3-5-9-24/h3-13,22,26H,2,14-21H2,1H3,(H,32,36). The Labute approximate surface area is 219 Å². The molecule has 0 aliphatic carbocycles. The van der Waals surface area contributed by atoms with Crippen LogP contribution < -0.4 is 5.32 Å². The maximum Gasteiger partial charge on any atom is 0.411 e. The number of hydrogen-bond donors (Lipinski definition) is 1. The van der Waals surface area contributed by atoms with Crippen LogP contribution in [0, 0.1) is 0 Å². The van der Waals surface area contributed by atoms with Crippen molar-refractivity contribution in [1.29, 1.82) is 0 Å². The van der Waals surface area contributed by atoms with Crippen LogP contribution >= 0.6 is 0 Å². The van der Waals surface area contributed by atoms with Crippen molar-refractivity contribution in [2.45, 2.75) is 38.7 Å². The van der Waals surface area contributed by atoms with Crippen LogP contribution in [0.25, 0.3) is 11.1 Å². The zero-order valence-electron chi connectivity index (χ0n) is 21.5. The first-order chi connectivity index (χ1) is 18.1. The van der Waals surface area contributed by atoms with Gasteiger partial charge in [-0.2, -0.15) is 0 Å². The number of piperidine rings is 1. The molecule has 6 heteroatoms. The Balaban J connectivity index is 1.08. The molecule has 2 heterocycles. The van der Waals surface area contributed by atoms with Gasteiger partial charge in [0.25, 0.3) is 5.91 Å². The molecule has 0 unspecified atom stereocenters. The Morgan fingerprint density at radius 1 is 0.919 bits per heavy atom. The fraction of sp³-hybridized carbons (Fsp3) is 0.355. The van der Waals surface area contributed by atoms with Gasteiger partial charge < -0.3 is 14.5 Å². The van der Waals surface area contributed by atoms with Gasteiger partial charge in [-0.05, 0) is 54.5 Å². The molecular weight excluding hydrogens is 462 g/mol. The maximum absolute atomic E-state index is 13.0. The first-order valence-electron chi connectivity index (χ1n) is 13.4. The zero-order chi connectivity index (χ0) is 25.6. The summed E-state index contributed by atoms with van der Waals surface area (Å²) in [6.45, 7) is 6.22. The summed E-state index contributed by atoms with van der Waals surface area (Å²) < 4.78 is 5.76. The molecule has 0 bridgehead atoms. The summed E-state index contributed by atoms with van der Waals surface area (Å²) in [6.07, 6.45) is 3.00. The first-order valence-corrected chi connectivity index (χ1v) is 13.4. The van der Waals surface area contributed by atoms with Gasteiger partial charge in [-0.15, -0.1) is 0 Å². The Kier molecular flexibility index (Phi) is 7.85. The third-order valence-corrected chi connectivity index (χ3v) is 7.49. The van der Waals surface area contributed by atoms with E-state index < -0.39 is 6.09 Å². The number of likely N-dealkylation sites (tertiary alicyclic amines) is 1. The molecule has 6 nitrogen and oxygen atoms in total. The average Bonchev–Trinajstić information content (AvgIpc) is 2.94. The Hall–Kier alpha value is -3.64. The van der Waals surface area contributed by atoms with Gasteiger partial charge in [-0.25, -0.2) is 4.79 Å². The molecule has 3 aromatic carbocycles. The van der Waals surface area contributed by atoms with Gasteiger partial charge in [0.15, 0.2) is 0 Å².